The Labute approximate surface area is 124 Å². The average Bonchev–Trinajstić information content (AvgIpc) is 2.92. The molecule has 0 aromatic rings. The SMILES string of the molecule is CC(C)C1(C(=O)O)CCN(C(=O)NCC2COCCO2)C1. The van der Waals surface area contributed by atoms with Crippen molar-refractivity contribution >= 4 is 12.0 Å². The topological polar surface area (TPSA) is 88.1 Å². The van der Waals surface area contributed by atoms with Crippen molar-refractivity contribution in [1.29, 1.82) is 0 Å². The van der Waals surface area contributed by atoms with Crippen molar-refractivity contribution in [2.75, 3.05) is 39.5 Å². The number of carboxylic acids is 1. The number of aliphatic carboxylic acids is 1. The third-order valence-electron chi connectivity index (χ3n) is 4.49. The molecule has 0 aliphatic carbocycles. The molecule has 7 nitrogen and oxygen atoms in total. The van der Waals surface area contributed by atoms with Crippen LogP contribution in [0.1, 0.15) is 20.3 Å². The van der Waals surface area contributed by atoms with Gasteiger partial charge in [0.1, 0.15) is 0 Å². The van der Waals surface area contributed by atoms with E-state index in [2.05, 4.69) is 5.32 Å². The third kappa shape index (κ3) is 3.47. The van der Waals surface area contributed by atoms with E-state index < -0.39 is 11.4 Å². The van der Waals surface area contributed by atoms with Crippen LogP contribution in [0.4, 0.5) is 4.79 Å². The van der Waals surface area contributed by atoms with E-state index in [1.807, 2.05) is 13.8 Å². The first kappa shape index (κ1) is 16.0. The van der Waals surface area contributed by atoms with Gasteiger partial charge in [-0.25, -0.2) is 4.79 Å². The van der Waals surface area contributed by atoms with E-state index in [4.69, 9.17) is 9.47 Å². The first-order valence-corrected chi connectivity index (χ1v) is 7.41. The van der Waals surface area contributed by atoms with Crippen LogP contribution in [0.5, 0.6) is 0 Å². The average molecular weight is 300 g/mol. The van der Waals surface area contributed by atoms with Crippen LogP contribution in [0.2, 0.25) is 0 Å². The zero-order chi connectivity index (χ0) is 15.5. The van der Waals surface area contributed by atoms with Crippen molar-refractivity contribution in [2.45, 2.75) is 26.4 Å². The molecular formula is C14H24N2O5. The zero-order valence-electron chi connectivity index (χ0n) is 12.6. The van der Waals surface area contributed by atoms with E-state index in [1.165, 1.54) is 0 Å². The minimum atomic E-state index is -0.832. The quantitative estimate of drug-likeness (QED) is 0.791. The lowest BCUT2D eigenvalue weighted by atomic mass is 9.76. The fourth-order valence-corrected chi connectivity index (χ4v) is 2.87. The van der Waals surface area contributed by atoms with Crippen LogP contribution in [0, 0.1) is 11.3 Å². The highest BCUT2D eigenvalue weighted by Gasteiger charge is 2.48. The summed E-state index contributed by atoms with van der Waals surface area (Å²) < 4.78 is 10.7. The van der Waals surface area contributed by atoms with Gasteiger partial charge in [-0.15, -0.1) is 0 Å². The highest BCUT2D eigenvalue weighted by molar-refractivity contribution is 5.80. The van der Waals surface area contributed by atoms with Gasteiger partial charge in [0.25, 0.3) is 0 Å². The number of carbonyl (C=O) groups is 2. The van der Waals surface area contributed by atoms with Crippen molar-refractivity contribution < 1.29 is 24.2 Å². The van der Waals surface area contributed by atoms with Gasteiger partial charge in [0.05, 0.1) is 31.3 Å². The number of nitrogens with one attached hydrogen (secondary N) is 1. The minimum absolute atomic E-state index is 0.0112. The summed E-state index contributed by atoms with van der Waals surface area (Å²) in [5.74, 6) is -0.834. The molecule has 7 heteroatoms. The third-order valence-corrected chi connectivity index (χ3v) is 4.49. The molecule has 2 rings (SSSR count). The number of hydrogen-bond donors (Lipinski definition) is 2. The fraction of sp³-hybridized carbons (Fsp3) is 0.857. The normalized spacial score (nSPS) is 29.7. The number of amides is 2. The molecule has 21 heavy (non-hydrogen) atoms. The Morgan fingerprint density at radius 3 is 2.71 bits per heavy atom. The molecule has 2 aliphatic rings. The lowest BCUT2D eigenvalue weighted by molar-refractivity contribution is -0.150. The summed E-state index contributed by atoms with van der Waals surface area (Å²) >= 11 is 0. The molecule has 2 heterocycles. The molecule has 0 aromatic heterocycles. The number of carbonyl (C=O) groups excluding carboxylic acids is 1. The maximum atomic E-state index is 12.1. The molecule has 2 aliphatic heterocycles. The minimum Gasteiger partial charge on any atom is -0.481 e. The van der Waals surface area contributed by atoms with Gasteiger partial charge in [-0.1, -0.05) is 13.8 Å². The molecule has 2 amide bonds. The molecule has 2 atom stereocenters. The van der Waals surface area contributed by atoms with E-state index in [0.717, 1.165) is 0 Å². The molecule has 120 valence electrons. The van der Waals surface area contributed by atoms with Crippen LogP contribution in [0.25, 0.3) is 0 Å². The Hall–Kier alpha value is -1.34. The van der Waals surface area contributed by atoms with Gasteiger partial charge in [-0.2, -0.15) is 0 Å². The summed E-state index contributed by atoms with van der Waals surface area (Å²) in [5, 5.41) is 12.3. The Morgan fingerprint density at radius 1 is 1.43 bits per heavy atom. The van der Waals surface area contributed by atoms with Crippen LogP contribution >= 0.6 is 0 Å². The van der Waals surface area contributed by atoms with E-state index in [0.29, 0.717) is 39.3 Å². The monoisotopic (exact) mass is 300 g/mol. The maximum absolute atomic E-state index is 12.1. The highest BCUT2D eigenvalue weighted by Crippen LogP contribution is 2.38. The van der Waals surface area contributed by atoms with Crippen LogP contribution in [0.15, 0.2) is 0 Å². The number of rotatable bonds is 4. The number of hydrogen-bond acceptors (Lipinski definition) is 4. The van der Waals surface area contributed by atoms with Gasteiger partial charge >= 0.3 is 12.0 Å². The molecule has 0 radical (unpaired) electrons. The highest BCUT2D eigenvalue weighted by atomic mass is 16.6. The van der Waals surface area contributed by atoms with Gasteiger partial charge in [0.2, 0.25) is 0 Å². The molecule has 0 spiro atoms. The van der Waals surface area contributed by atoms with Crippen molar-refractivity contribution in [3.05, 3.63) is 0 Å². The summed E-state index contributed by atoms with van der Waals surface area (Å²) in [6.45, 7) is 6.51. The first-order valence-electron chi connectivity index (χ1n) is 7.41. The summed E-state index contributed by atoms with van der Waals surface area (Å²) in [7, 11) is 0. The molecule has 2 saturated heterocycles. The molecule has 2 N–H and O–H groups in total. The summed E-state index contributed by atoms with van der Waals surface area (Å²) in [6.07, 6.45) is 0.371. The molecule has 2 unspecified atom stereocenters. The van der Waals surface area contributed by atoms with Crippen LogP contribution in [-0.4, -0.2) is 67.6 Å². The van der Waals surface area contributed by atoms with Crippen LogP contribution in [-0.2, 0) is 14.3 Å². The maximum Gasteiger partial charge on any atom is 0.317 e. The molecule has 0 saturated carbocycles. The van der Waals surface area contributed by atoms with Crippen molar-refractivity contribution in [3.8, 4) is 0 Å². The lowest BCUT2D eigenvalue weighted by Crippen LogP contribution is -2.47. The zero-order valence-corrected chi connectivity index (χ0v) is 12.6. The van der Waals surface area contributed by atoms with Crippen molar-refractivity contribution in [1.82, 2.24) is 10.2 Å². The number of carboxylic acid groups (broad SMARTS) is 1. The molecular weight excluding hydrogens is 276 g/mol. The predicted octanol–water partition coefficient (Wildman–Crippen LogP) is 0.544. The summed E-state index contributed by atoms with van der Waals surface area (Å²) in [4.78, 5) is 25.3. The Bertz CT molecular complexity index is 395. The van der Waals surface area contributed by atoms with Gasteiger partial charge in [-0.3, -0.25) is 4.79 Å². The van der Waals surface area contributed by atoms with E-state index in [-0.39, 0.29) is 24.6 Å². The molecule has 0 bridgehead atoms. The number of likely N-dealkylation sites (tertiary alicyclic amines) is 1. The van der Waals surface area contributed by atoms with Crippen LogP contribution in [0.3, 0.4) is 0 Å². The Balaban J connectivity index is 1.85. The summed E-state index contributed by atoms with van der Waals surface area (Å²) in [6, 6.07) is -0.229. The Morgan fingerprint density at radius 2 is 2.19 bits per heavy atom. The number of ether oxygens (including phenoxy) is 2. The van der Waals surface area contributed by atoms with E-state index >= 15 is 0 Å². The molecule has 2 fully saturated rings. The second kappa shape index (κ2) is 6.62. The second-order valence-electron chi connectivity index (χ2n) is 6.04. The first-order chi connectivity index (χ1) is 9.95. The smallest absolute Gasteiger partial charge is 0.317 e. The molecule has 0 aromatic carbocycles. The lowest BCUT2D eigenvalue weighted by Gasteiger charge is -2.29. The number of nitrogens with zero attached hydrogens (tertiary/aromatic N) is 1. The van der Waals surface area contributed by atoms with Crippen molar-refractivity contribution in [2.24, 2.45) is 11.3 Å². The van der Waals surface area contributed by atoms with Gasteiger partial charge in [0, 0.05) is 19.6 Å². The van der Waals surface area contributed by atoms with E-state index in [1.54, 1.807) is 4.90 Å². The van der Waals surface area contributed by atoms with Crippen molar-refractivity contribution in [3.63, 3.8) is 0 Å². The number of urea groups is 1. The predicted molar refractivity (Wildman–Crippen MR) is 75.1 cm³/mol. The Kier molecular flexibility index (Phi) is 5.05. The largest absolute Gasteiger partial charge is 0.481 e. The van der Waals surface area contributed by atoms with Crippen LogP contribution < -0.4 is 5.32 Å². The fourth-order valence-electron chi connectivity index (χ4n) is 2.87. The van der Waals surface area contributed by atoms with E-state index in [9.17, 15) is 14.7 Å². The summed E-state index contributed by atoms with van der Waals surface area (Å²) in [5.41, 5.74) is -0.832. The van der Waals surface area contributed by atoms with Gasteiger partial charge in [0.15, 0.2) is 0 Å². The van der Waals surface area contributed by atoms with Gasteiger partial charge < -0.3 is 24.8 Å². The van der Waals surface area contributed by atoms with Gasteiger partial charge in [-0.05, 0) is 12.3 Å². The standard InChI is InChI=1S/C14H24N2O5/c1-10(2)14(12(17)18)3-4-16(9-14)13(19)15-7-11-8-20-5-6-21-11/h10-11H,3-9H2,1-2H3,(H,15,19)(H,17,18). The second-order valence-corrected chi connectivity index (χ2v) is 6.04.